The van der Waals surface area contributed by atoms with Crippen LogP contribution in [-0.4, -0.2) is 24.1 Å². The fourth-order valence-electron chi connectivity index (χ4n) is 1.57. The van der Waals surface area contributed by atoms with Crippen LogP contribution >= 0.6 is 11.8 Å². The molecule has 0 amide bonds. The van der Waals surface area contributed by atoms with Crippen molar-refractivity contribution in [2.75, 3.05) is 18.1 Å². The van der Waals surface area contributed by atoms with E-state index in [-0.39, 0.29) is 0 Å². The van der Waals surface area contributed by atoms with Gasteiger partial charge in [0.05, 0.1) is 0 Å². The Labute approximate surface area is 107 Å². The minimum Gasteiger partial charge on any atom is -0.313 e. The van der Waals surface area contributed by atoms with E-state index < -0.39 is 0 Å². The molecule has 0 radical (unpaired) electrons. The van der Waals surface area contributed by atoms with E-state index in [1.807, 2.05) is 0 Å². The lowest BCUT2D eigenvalue weighted by Crippen LogP contribution is -2.33. The first-order valence-electron chi connectivity index (χ1n) is 6.80. The first-order valence-corrected chi connectivity index (χ1v) is 7.96. The summed E-state index contributed by atoms with van der Waals surface area (Å²) in [5.41, 5.74) is 0.474. The molecule has 1 atom stereocenters. The molecular formula is C14H31NS. The first kappa shape index (κ1) is 16.3. The molecule has 2 heteroatoms. The van der Waals surface area contributed by atoms with E-state index in [4.69, 9.17) is 0 Å². The van der Waals surface area contributed by atoms with Crippen LogP contribution in [0.5, 0.6) is 0 Å². The Kier molecular flexibility index (Phi) is 9.53. The second kappa shape index (κ2) is 9.35. The van der Waals surface area contributed by atoms with Crippen LogP contribution in [0, 0.1) is 5.41 Å². The van der Waals surface area contributed by atoms with Gasteiger partial charge in [0, 0.05) is 11.8 Å². The van der Waals surface area contributed by atoms with E-state index in [0.29, 0.717) is 5.41 Å². The predicted molar refractivity (Wildman–Crippen MR) is 78.4 cm³/mol. The summed E-state index contributed by atoms with van der Waals surface area (Å²) in [4.78, 5) is 0. The number of rotatable bonds is 9. The van der Waals surface area contributed by atoms with Gasteiger partial charge in [0.25, 0.3) is 0 Å². The van der Waals surface area contributed by atoms with Crippen LogP contribution in [0.2, 0.25) is 0 Å². The van der Waals surface area contributed by atoms with Gasteiger partial charge in [-0.15, -0.1) is 0 Å². The maximum absolute atomic E-state index is 3.68. The Bertz CT molecular complexity index is 151. The maximum Gasteiger partial charge on any atom is 0.0158 e. The standard InChI is InChI=1S/C14H31NS/c1-6-10-15-13(12-16-11-7-2)8-9-14(3,4)5/h13,15H,6-12H2,1-5H3. The Morgan fingerprint density at radius 1 is 1.12 bits per heavy atom. The van der Waals surface area contributed by atoms with Gasteiger partial charge in [-0.05, 0) is 43.4 Å². The molecule has 0 bridgehead atoms. The Morgan fingerprint density at radius 3 is 2.31 bits per heavy atom. The van der Waals surface area contributed by atoms with Gasteiger partial charge in [-0.2, -0.15) is 11.8 Å². The fourth-order valence-corrected chi connectivity index (χ4v) is 2.59. The summed E-state index contributed by atoms with van der Waals surface area (Å²) >= 11 is 2.10. The lowest BCUT2D eigenvalue weighted by atomic mass is 9.89. The van der Waals surface area contributed by atoms with Gasteiger partial charge in [-0.3, -0.25) is 0 Å². The molecule has 98 valence electrons. The topological polar surface area (TPSA) is 12.0 Å². The average Bonchev–Trinajstić information content (AvgIpc) is 2.20. The van der Waals surface area contributed by atoms with Crippen molar-refractivity contribution >= 4 is 11.8 Å². The summed E-state index contributed by atoms with van der Waals surface area (Å²) in [6, 6.07) is 0.718. The fraction of sp³-hybridized carbons (Fsp3) is 1.00. The van der Waals surface area contributed by atoms with E-state index in [0.717, 1.165) is 6.04 Å². The van der Waals surface area contributed by atoms with E-state index in [1.165, 1.54) is 43.7 Å². The third kappa shape index (κ3) is 10.8. The molecule has 0 aromatic heterocycles. The number of nitrogens with one attached hydrogen (secondary N) is 1. The lowest BCUT2D eigenvalue weighted by molar-refractivity contribution is 0.338. The molecule has 16 heavy (non-hydrogen) atoms. The van der Waals surface area contributed by atoms with Crippen LogP contribution in [0.25, 0.3) is 0 Å². The molecular weight excluding hydrogens is 214 g/mol. The van der Waals surface area contributed by atoms with Crippen molar-refractivity contribution in [2.24, 2.45) is 5.41 Å². The summed E-state index contributed by atoms with van der Waals surface area (Å²) in [5.74, 6) is 2.59. The minimum absolute atomic E-state index is 0.474. The van der Waals surface area contributed by atoms with Crippen molar-refractivity contribution < 1.29 is 0 Å². The zero-order valence-corrected chi connectivity index (χ0v) is 12.8. The first-order chi connectivity index (χ1) is 7.49. The zero-order chi connectivity index (χ0) is 12.4. The van der Waals surface area contributed by atoms with Crippen molar-refractivity contribution in [1.29, 1.82) is 0 Å². The van der Waals surface area contributed by atoms with Gasteiger partial charge in [0.2, 0.25) is 0 Å². The third-order valence-electron chi connectivity index (χ3n) is 2.59. The highest BCUT2D eigenvalue weighted by Crippen LogP contribution is 2.22. The van der Waals surface area contributed by atoms with Crippen molar-refractivity contribution in [3.05, 3.63) is 0 Å². The molecule has 0 fully saturated rings. The second-order valence-corrected chi connectivity index (χ2v) is 6.98. The molecule has 0 aliphatic heterocycles. The molecule has 0 rings (SSSR count). The Balaban J connectivity index is 3.80. The van der Waals surface area contributed by atoms with Crippen LogP contribution in [0.1, 0.15) is 60.3 Å². The predicted octanol–water partition coefficient (Wildman–Crippen LogP) is 4.32. The van der Waals surface area contributed by atoms with Crippen LogP contribution in [0.15, 0.2) is 0 Å². The normalized spacial score (nSPS) is 14.1. The number of hydrogen-bond donors (Lipinski definition) is 1. The Morgan fingerprint density at radius 2 is 1.81 bits per heavy atom. The number of hydrogen-bond acceptors (Lipinski definition) is 2. The molecule has 0 aromatic rings. The quantitative estimate of drug-likeness (QED) is 0.607. The molecule has 0 heterocycles. The highest BCUT2D eigenvalue weighted by atomic mass is 32.2. The molecule has 1 N–H and O–H groups in total. The third-order valence-corrected chi connectivity index (χ3v) is 3.93. The maximum atomic E-state index is 3.68. The summed E-state index contributed by atoms with van der Waals surface area (Å²) in [5, 5.41) is 3.68. The molecule has 0 aromatic carbocycles. The molecule has 0 saturated heterocycles. The second-order valence-electron chi connectivity index (χ2n) is 5.83. The van der Waals surface area contributed by atoms with Gasteiger partial charge in [-0.25, -0.2) is 0 Å². The molecule has 1 unspecified atom stereocenters. The molecule has 1 nitrogen and oxygen atoms in total. The van der Waals surface area contributed by atoms with Crippen LogP contribution < -0.4 is 5.32 Å². The van der Waals surface area contributed by atoms with Crippen LogP contribution in [0.3, 0.4) is 0 Å². The SMILES string of the molecule is CCCNC(CCC(C)(C)C)CSCCC. The summed E-state index contributed by atoms with van der Waals surface area (Å²) < 4.78 is 0. The van der Waals surface area contributed by atoms with Crippen LogP contribution in [-0.2, 0) is 0 Å². The van der Waals surface area contributed by atoms with Gasteiger partial charge in [0.1, 0.15) is 0 Å². The van der Waals surface area contributed by atoms with Gasteiger partial charge in [-0.1, -0.05) is 34.6 Å². The van der Waals surface area contributed by atoms with E-state index >= 15 is 0 Å². The smallest absolute Gasteiger partial charge is 0.0158 e. The van der Waals surface area contributed by atoms with Crippen molar-refractivity contribution in [3.8, 4) is 0 Å². The average molecular weight is 245 g/mol. The highest BCUT2D eigenvalue weighted by Gasteiger charge is 2.14. The summed E-state index contributed by atoms with van der Waals surface area (Å²) in [6.07, 6.45) is 5.18. The molecule has 0 aliphatic carbocycles. The van der Waals surface area contributed by atoms with E-state index in [1.54, 1.807) is 0 Å². The molecule has 0 spiro atoms. The summed E-state index contributed by atoms with van der Waals surface area (Å²) in [7, 11) is 0. The van der Waals surface area contributed by atoms with Gasteiger partial charge < -0.3 is 5.32 Å². The number of thioether (sulfide) groups is 1. The zero-order valence-electron chi connectivity index (χ0n) is 11.9. The summed E-state index contributed by atoms with van der Waals surface area (Å²) in [6.45, 7) is 12.7. The monoisotopic (exact) mass is 245 g/mol. The lowest BCUT2D eigenvalue weighted by Gasteiger charge is -2.24. The van der Waals surface area contributed by atoms with E-state index in [9.17, 15) is 0 Å². The van der Waals surface area contributed by atoms with Gasteiger partial charge in [0.15, 0.2) is 0 Å². The molecule has 0 aliphatic rings. The molecule has 0 saturated carbocycles. The largest absolute Gasteiger partial charge is 0.313 e. The van der Waals surface area contributed by atoms with Crippen molar-refractivity contribution in [3.63, 3.8) is 0 Å². The van der Waals surface area contributed by atoms with Crippen LogP contribution in [0.4, 0.5) is 0 Å². The van der Waals surface area contributed by atoms with Gasteiger partial charge >= 0.3 is 0 Å². The highest BCUT2D eigenvalue weighted by molar-refractivity contribution is 7.99. The minimum atomic E-state index is 0.474. The van der Waals surface area contributed by atoms with E-state index in [2.05, 4.69) is 51.7 Å². The Hall–Kier alpha value is 0.310. The van der Waals surface area contributed by atoms with Crippen molar-refractivity contribution in [1.82, 2.24) is 5.32 Å². The van der Waals surface area contributed by atoms with Crippen molar-refractivity contribution in [2.45, 2.75) is 66.3 Å².